The van der Waals surface area contributed by atoms with E-state index < -0.39 is 0 Å². The molecule has 2 aliphatic carbocycles. The summed E-state index contributed by atoms with van der Waals surface area (Å²) in [6.07, 6.45) is 7.08. The lowest BCUT2D eigenvalue weighted by Gasteiger charge is -2.54. The predicted octanol–water partition coefficient (Wildman–Crippen LogP) is 1.75. The van der Waals surface area contributed by atoms with Crippen molar-refractivity contribution in [2.45, 2.75) is 57.6 Å². The van der Waals surface area contributed by atoms with E-state index in [-0.39, 0.29) is 30.0 Å². The van der Waals surface area contributed by atoms with E-state index in [9.17, 15) is 9.90 Å². The Morgan fingerprint density at radius 1 is 1.43 bits per heavy atom. The van der Waals surface area contributed by atoms with E-state index >= 15 is 0 Å². The maximum atomic E-state index is 12.4. The van der Waals surface area contributed by atoms with Gasteiger partial charge in [0.05, 0.1) is 6.10 Å². The Balaban J connectivity index is 1.56. The molecule has 3 atom stereocenters. The first-order valence-electron chi connectivity index (χ1n) is 8.47. The number of hydrogen-bond acceptors (Lipinski definition) is 3. The van der Waals surface area contributed by atoms with Gasteiger partial charge in [0.15, 0.2) is 0 Å². The monoisotopic (exact) mass is 296 g/mol. The zero-order valence-corrected chi connectivity index (χ0v) is 13.0. The number of urea groups is 1. The van der Waals surface area contributed by atoms with Crippen LogP contribution in [0.2, 0.25) is 0 Å². The third kappa shape index (κ3) is 2.66. The highest BCUT2D eigenvalue weighted by molar-refractivity contribution is 5.75. The summed E-state index contributed by atoms with van der Waals surface area (Å²) in [7, 11) is 0. The average molecular weight is 296 g/mol. The number of amides is 2. The summed E-state index contributed by atoms with van der Waals surface area (Å²) in [5.41, 5.74) is 0.196. The summed E-state index contributed by atoms with van der Waals surface area (Å²) in [6.45, 7) is 4.46. The van der Waals surface area contributed by atoms with Gasteiger partial charge in [0, 0.05) is 43.7 Å². The molecular formula is C16H28N2O3. The van der Waals surface area contributed by atoms with Crippen LogP contribution in [-0.2, 0) is 4.74 Å². The summed E-state index contributed by atoms with van der Waals surface area (Å²) in [5.74, 6) is 0.258. The quantitative estimate of drug-likeness (QED) is 0.831. The maximum absolute atomic E-state index is 12.4. The zero-order chi connectivity index (χ0) is 14.9. The SMILES string of the molecule is CCOC1CC(NC(=O)N2CCC(CO)C2)C12CCCC2. The molecule has 120 valence electrons. The third-order valence-corrected chi connectivity index (χ3v) is 5.82. The fraction of sp³-hybridized carbons (Fsp3) is 0.938. The van der Waals surface area contributed by atoms with Gasteiger partial charge >= 0.3 is 6.03 Å². The Labute approximate surface area is 127 Å². The van der Waals surface area contributed by atoms with Gasteiger partial charge in [-0.1, -0.05) is 12.8 Å². The van der Waals surface area contributed by atoms with Gasteiger partial charge in [-0.2, -0.15) is 0 Å². The Bertz CT molecular complexity index is 382. The van der Waals surface area contributed by atoms with Gasteiger partial charge in [0.1, 0.15) is 0 Å². The molecule has 0 aromatic heterocycles. The molecule has 2 amide bonds. The normalized spacial score (nSPS) is 34.2. The van der Waals surface area contributed by atoms with Crippen molar-refractivity contribution >= 4 is 6.03 Å². The Hall–Kier alpha value is -0.810. The largest absolute Gasteiger partial charge is 0.396 e. The summed E-state index contributed by atoms with van der Waals surface area (Å²) >= 11 is 0. The summed E-state index contributed by atoms with van der Waals surface area (Å²) < 4.78 is 5.89. The molecular weight excluding hydrogens is 268 g/mol. The van der Waals surface area contributed by atoms with E-state index in [0.29, 0.717) is 12.6 Å². The number of carbonyl (C=O) groups is 1. The minimum absolute atomic E-state index is 0.0529. The van der Waals surface area contributed by atoms with Crippen LogP contribution in [0.3, 0.4) is 0 Å². The summed E-state index contributed by atoms with van der Waals surface area (Å²) in [5, 5.41) is 12.4. The molecule has 0 aromatic rings. The van der Waals surface area contributed by atoms with E-state index in [1.54, 1.807) is 0 Å². The van der Waals surface area contributed by atoms with E-state index in [1.807, 2.05) is 11.8 Å². The van der Waals surface area contributed by atoms with Crippen molar-refractivity contribution in [3.63, 3.8) is 0 Å². The lowest BCUT2D eigenvalue weighted by atomic mass is 9.60. The molecule has 1 spiro atoms. The zero-order valence-electron chi connectivity index (χ0n) is 13.0. The molecule has 2 saturated carbocycles. The van der Waals surface area contributed by atoms with Crippen molar-refractivity contribution < 1.29 is 14.6 Å². The molecule has 5 nitrogen and oxygen atoms in total. The molecule has 3 unspecified atom stereocenters. The molecule has 5 heteroatoms. The van der Waals surface area contributed by atoms with Crippen LogP contribution in [0, 0.1) is 11.3 Å². The molecule has 3 aliphatic rings. The number of likely N-dealkylation sites (tertiary alicyclic amines) is 1. The number of carbonyl (C=O) groups excluding carboxylic acids is 1. The van der Waals surface area contributed by atoms with Crippen LogP contribution in [0.25, 0.3) is 0 Å². The molecule has 1 heterocycles. The number of rotatable bonds is 4. The summed E-state index contributed by atoms with van der Waals surface area (Å²) in [4.78, 5) is 14.3. The van der Waals surface area contributed by atoms with Gasteiger partial charge in [-0.25, -0.2) is 4.79 Å². The van der Waals surface area contributed by atoms with Gasteiger partial charge in [0.25, 0.3) is 0 Å². The first-order valence-corrected chi connectivity index (χ1v) is 8.47. The molecule has 21 heavy (non-hydrogen) atoms. The Kier molecular flexibility index (Phi) is 4.41. The maximum Gasteiger partial charge on any atom is 0.317 e. The van der Waals surface area contributed by atoms with Crippen molar-refractivity contribution in [1.29, 1.82) is 0 Å². The second kappa shape index (κ2) is 6.13. The highest BCUT2D eigenvalue weighted by atomic mass is 16.5. The fourth-order valence-electron chi connectivity index (χ4n) is 4.50. The van der Waals surface area contributed by atoms with Gasteiger partial charge in [0.2, 0.25) is 0 Å². The van der Waals surface area contributed by atoms with Gasteiger partial charge in [-0.15, -0.1) is 0 Å². The second-order valence-corrected chi connectivity index (χ2v) is 6.91. The number of aliphatic hydroxyl groups is 1. The minimum atomic E-state index is 0.0529. The summed E-state index contributed by atoms with van der Waals surface area (Å²) in [6, 6.07) is 0.328. The Morgan fingerprint density at radius 3 is 2.81 bits per heavy atom. The molecule has 3 fully saturated rings. The van der Waals surface area contributed by atoms with E-state index in [4.69, 9.17) is 4.74 Å². The number of nitrogens with one attached hydrogen (secondary N) is 1. The van der Waals surface area contributed by atoms with Crippen molar-refractivity contribution in [3.05, 3.63) is 0 Å². The van der Waals surface area contributed by atoms with Crippen molar-refractivity contribution in [1.82, 2.24) is 10.2 Å². The van der Waals surface area contributed by atoms with E-state index in [2.05, 4.69) is 5.32 Å². The van der Waals surface area contributed by atoms with E-state index in [1.165, 1.54) is 25.7 Å². The van der Waals surface area contributed by atoms with Crippen molar-refractivity contribution in [3.8, 4) is 0 Å². The standard InChI is InChI=1S/C16H28N2O3/c1-2-21-14-9-13(16(14)6-3-4-7-16)17-15(20)18-8-5-12(10-18)11-19/h12-14,19H,2-11H2,1H3,(H,17,20). The average Bonchev–Trinajstić information content (AvgIpc) is 3.16. The van der Waals surface area contributed by atoms with Crippen LogP contribution in [0.5, 0.6) is 0 Å². The minimum Gasteiger partial charge on any atom is -0.396 e. The van der Waals surface area contributed by atoms with Crippen LogP contribution in [-0.4, -0.2) is 54.5 Å². The third-order valence-electron chi connectivity index (χ3n) is 5.82. The number of ether oxygens (including phenoxy) is 1. The predicted molar refractivity (Wildman–Crippen MR) is 80.0 cm³/mol. The highest BCUT2D eigenvalue weighted by Crippen LogP contribution is 2.54. The van der Waals surface area contributed by atoms with Crippen molar-refractivity contribution in [2.75, 3.05) is 26.3 Å². The first kappa shape index (κ1) is 15.1. The lowest BCUT2D eigenvalue weighted by molar-refractivity contribution is -0.127. The number of aliphatic hydroxyl groups excluding tert-OH is 1. The second-order valence-electron chi connectivity index (χ2n) is 6.91. The molecule has 0 aromatic carbocycles. The van der Waals surface area contributed by atoms with Crippen LogP contribution < -0.4 is 5.32 Å². The van der Waals surface area contributed by atoms with Crippen LogP contribution in [0.1, 0.15) is 45.4 Å². The molecule has 1 aliphatic heterocycles. The lowest BCUT2D eigenvalue weighted by Crippen LogP contribution is -2.65. The van der Waals surface area contributed by atoms with Crippen LogP contribution in [0.4, 0.5) is 4.79 Å². The molecule has 2 N–H and O–H groups in total. The molecule has 3 rings (SSSR count). The van der Waals surface area contributed by atoms with Gasteiger partial charge in [-0.3, -0.25) is 0 Å². The number of hydrogen-bond donors (Lipinski definition) is 2. The van der Waals surface area contributed by atoms with Crippen LogP contribution in [0.15, 0.2) is 0 Å². The van der Waals surface area contributed by atoms with Gasteiger partial charge in [-0.05, 0) is 32.6 Å². The van der Waals surface area contributed by atoms with Gasteiger partial charge < -0.3 is 20.1 Å². The fourth-order valence-corrected chi connectivity index (χ4v) is 4.50. The first-order chi connectivity index (χ1) is 10.2. The van der Waals surface area contributed by atoms with E-state index in [0.717, 1.165) is 26.0 Å². The highest BCUT2D eigenvalue weighted by Gasteiger charge is 2.57. The van der Waals surface area contributed by atoms with Crippen LogP contribution >= 0.6 is 0 Å². The molecule has 1 saturated heterocycles. The number of nitrogens with zero attached hydrogens (tertiary/aromatic N) is 1. The molecule has 0 radical (unpaired) electrons. The van der Waals surface area contributed by atoms with Crippen molar-refractivity contribution in [2.24, 2.45) is 11.3 Å². The smallest absolute Gasteiger partial charge is 0.317 e. The molecule has 0 bridgehead atoms. The Morgan fingerprint density at radius 2 is 2.19 bits per heavy atom. The topological polar surface area (TPSA) is 61.8 Å².